The number of likely N-dealkylation sites (N-methyl/N-ethyl adjacent to an activating group) is 1. The predicted molar refractivity (Wildman–Crippen MR) is 141 cm³/mol. The van der Waals surface area contributed by atoms with Gasteiger partial charge in [0, 0.05) is 43.9 Å². The number of hydrogen-bond donors (Lipinski definition) is 4. The van der Waals surface area contributed by atoms with Crippen molar-refractivity contribution < 1.29 is 33.0 Å². The molecule has 1 aliphatic carbocycles. The fraction of sp³-hybridized carbons (Fsp3) is 0.679. The Balaban J connectivity index is 1.47. The third kappa shape index (κ3) is 5.80. The second-order valence-corrected chi connectivity index (χ2v) is 11.7. The van der Waals surface area contributed by atoms with Gasteiger partial charge in [-0.1, -0.05) is 18.2 Å². The maximum atomic E-state index is 14.3. The maximum absolute atomic E-state index is 14.3. The summed E-state index contributed by atoms with van der Waals surface area (Å²) in [7, 11) is 1.60. The zero-order valence-electron chi connectivity index (χ0n) is 22.7. The van der Waals surface area contributed by atoms with Crippen LogP contribution in [0.3, 0.4) is 0 Å². The number of hydrogen-bond acceptors (Lipinski definition) is 7. The molecule has 1 aromatic rings. The van der Waals surface area contributed by atoms with Crippen LogP contribution in [0.1, 0.15) is 37.7 Å². The Labute approximate surface area is 232 Å². The number of carbonyl (C=O) groups is 3. The molecular weight excluding hydrogens is 524 g/mol. The molecule has 6 atom stereocenters. The van der Waals surface area contributed by atoms with E-state index >= 15 is 0 Å². The van der Waals surface area contributed by atoms with Crippen molar-refractivity contribution in [2.75, 3.05) is 33.3 Å². The number of ether oxygens (including phenoxy) is 1. The third-order valence-electron chi connectivity index (χ3n) is 9.00. The van der Waals surface area contributed by atoms with Crippen LogP contribution in [0, 0.1) is 11.8 Å². The molecule has 5 N–H and O–H groups in total. The van der Waals surface area contributed by atoms with Gasteiger partial charge in [0.1, 0.15) is 17.8 Å². The standard InChI is InChI=1S/C28H39F2N5O5/c1-32-12-22(37)33-23(16-6-8-28(29,30)9-7-16)27(39)35-13-19-11-20(36)14-34(19)24(25(35)26(31)38)18-10-17-4-2-3-5-21(17)40-15-18/h2-5,16,18-20,23-25,32,36H,6-15H2,1H3,(H2,31,38)(H,33,37)/t18?,19-,20-,23+,24?,25+/m1/s1. The van der Waals surface area contributed by atoms with Crippen LogP contribution in [0.15, 0.2) is 24.3 Å². The molecule has 0 aromatic heterocycles. The van der Waals surface area contributed by atoms with Gasteiger partial charge in [-0.3, -0.25) is 19.3 Å². The smallest absolute Gasteiger partial charge is 0.248 e. The second-order valence-electron chi connectivity index (χ2n) is 11.7. The lowest BCUT2D eigenvalue weighted by Crippen LogP contribution is -2.71. The molecule has 0 radical (unpaired) electrons. The Morgan fingerprint density at radius 2 is 1.93 bits per heavy atom. The highest BCUT2D eigenvalue weighted by Crippen LogP contribution is 2.41. The number of benzene rings is 1. The minimum absolute atomic E-state index is 0.0457. The van der Waals surface area contributed by atoms with E-state index in [4.69, 9.17) is 10.5 Å². The lowest BCUT2D eigenvalue weighted by Gasteiger charge is -2.52. The summed E-state index contributed by atoms with van der Waals surface area (Å²) in [5, 5.41) is 16.1. The highest BCUT2D eigenvalue weighted by molar-refractivity contribution is 5.93. The molecule has 3 heterocycles. The molecule has 40 heavy (non-hydrogen) atoms. The van der Waals surface area contributed by atoms with Crippen molar-refractivity contribution >= 4 is 17.7 Å². The topological polar surface area (TPSA) is 137 Å². The van der Waals surface area contributed by atoms with Gasteiger partial charge in [0.05, 0.1) is 19.3 Å². The Kier molecular flexibility index (Phi) is 8.30. The van der Waals surface area contributed by atoms with E-state index in [2.05, 4.69) is 15.5 Å². The van der Waals surface area contributed by atoms with Crippen molar-refractivity contribution in [3.05, 3.63) is 29.8 Å². The Bertz CT molecular complexity index is 1110. The number of para-hydroxylation sites is 1. The van der Waals surface area contributed by atoms with Crippen molar-refractivity contribution in [2.24, 2.45) is 17.6 Å². The van der Waals surface area contributed by atoms with E-state index < -0.39 is 53.8 Å². The van der Waals surface area contributed by atoms with Gasteiger partial charge in [0.2, 0.25) is 23.6 Å². The fourth-order valence-corrected chi connectivity index (χ4v) is 7.16. The molecule has 3 aliphatic heterocycles. The number of rotatable bonds is 7. The molecule has 0 spiro atoms. The van der Waals surface area contributed by atoms with E-state index in [0.29, 0.717) is 26.0 Å². The summed E-state index contributed by atoms with van der Waals surface area (Å²) in [6, 6.07) is 4.82. The molecule has 1 aromatic carbocycles. The van der Waals surface area contributed by atoms with Crippen molar-refractivity contribution in [3.63, 3.8) is 0 Å². The molecule has 0 bridgehead atoms. The quantitative estimate of drug-likeness (QED) is 0.374. The number of alkyl halides is 2. The number of nitrogens with two attached hydrogens (primary N) is 1. The van der Waals surface area contributed by atoms with Crippen molar-refractivity contribution in [1.29, 1.82) is 0 Å². The number of primary amides is 1. The average Bonchev–Trinajstić information content (AvgIpc) is 3.30. The number of nitrogens with zero attached hydrogens (tertiary/aromatic N) is 2. The van der Waals surface area contributed by atoms with Crippen LogP contribution >= 0.6 is 0 Å². The van der Waals surface area contributed by atoms with Crippen LogP contribution in [0.5, 0.6) is 5.75 Å². The molecule has 5 rings (SSSR count). The third-order valence-corrected chi connectivity index (χ3v) is 9.00. The number of fused-ring (bicyclic) bond motifs is 2. The van der Waals surface area contributed by atoms with E-state index in [-0.39, 0.29) is 50.7 Å². The molecule has 220 valence electrons. The summed E-state index contributed by atoms with van der Waals surface area (Å²) >= 11 is 0. The maximum Gasteiger partial charge on any atom is 0.248 e. The summed E-state index contributed by atoms with van der Waals surface area (Å²) in [5.74, 6) is -4.34. The number of piperazine rings is 1. The minimum Gasteiger partial charge on any atom is -0.493 e. The van der Waals surface area contributed by atoms with E-state index in [1.165, 1.54) is 4.90 Å². The molecule has 2 unspecified atom stereocenters. The molecular formula is C28H39F2N5O5. The van der Waals surface area contributed by atoms with E-state index in [0.717, 1.165) is 11.3 Å². The van der Waals surface area contributed by atoms with Crippen molar-refractivity contribution in [1.82, 2.24) is 20.4 Å². The summed E-state index contributed by atoms with van der Waals surface area (Å²) in [6.45, 7) is 0.758. The molecule has 10 nitrogen and oxygen atoms in total. The Morgan fingerprint density at radius 3 is 2.62 bits per heavy atom. The highest BCUT2D eigenvalue weighted by Gasteiger charge is 2.54. The van der Waals surface area contributed by atoms with Gasteiger partial charge in [-0.25, -0.2) is 8.78 Å². The van der Waals surface area contributed by atoms with E-state index in [1.807, 2.05) is 24.3 Å². The van der Waals surface area contributed by atoms with Crippen LogP contribution in [-0.4, -0.2) is 102 Å². The van der Waals surface area contributed by atoms with Gasteiger partial charge in [-0.15, -0.1) is 0 Å². The number of nitrogens with one attached hydrogen (secondary N) is 2. The lowest BCUT2D eigenvalue weighted by atomic mass is 9.79. The van der Waals surface area contributed by atoms with Gasteiger partial charge in [0.15, 0.2) is 0 Å². The van der Waals surface area contributed by atoms with Crippen LogP contribution in [0.4, 0.5) is 8.78 Å². The monoisotopic (exact) mass is 563 g/mol. The largest absolute Gasteiger partial charge is 0.493 e. The summed E-state index contributed by atoms with van der Waals surface area (Å²) in [6.07, 6.45) is -0.195. The van der Waals surface area contributed by atoms with Crippen LogP contribution in [0.25, 0.3) is 0 Å². The summed E-state index contributed by atoms with van der Waals surface area (Å²) < 4.78 is 34.0. The number of carbonyl (C=O) groups excluding carboxylic acids is 3. The first-order valence-electron chi connectivity index (χ1n) is 14.1. The minimum atomic E-state index is -2.80. The normalized spacial score (nSPS) is 31.0. The van der Waals surface area contributed by atoms with Crippen LogP contribution in [-0.2, 0) is 20.8 Å². The van der Waals surface area contributed by atoms with E-state index in [9.17, 15) is 28.3 Å². The Hall–Kier alpha value is -2.83. The SMILES string of the molecule is CNCC(=O)N[C@H](C(=O)N1C[C@H]2C[C@@H](O)CN2C(C2COc3ccccc3C2)[C@H]1C(N)=O)C1CCC(F)(F)CC1. The molecule has 3 amide bonds. The predicted octanol–water partition coefficient (Wildman–Crippen LogP) is 0.267. The van der Waals surface area contributed by atoms with Crippen molar-refractivity contribution in [2.45, 2.75) is 74.7 Å². The fourth-order valence-electron chi connectivity index (χ4n) is 7.16. The van der Waals surface area contributed by atoms with Gasteiger partial charge in [0.25, 0.3) is 0 Å². The van der Waals surface area contributed by atoms with Gasteiger partial charge < -0.3 is 31.1 Å². The highest BCUT2D eigenvalue weighted by atomic mass is 19.3. The lowest BCUT2D eigenvalue weighted by molar-refractivity contribution is -0.155. The summed E-state index contributed by atoms with van der Waals surface area (Å²) in [5.41, 5.74) is 7.00. The zero-order valence-corrected chi connectivity index (χ0v) is 22.7. The first kappa shape index (κ1) is 28.7. The molecule has 4 aliphatic rings. The first-order chi connectivity index (χ1) is 19.1. The van der Waals surface area contributed by atoms with Gasteiger partial charge in [-0.05, 0) is 50.3 Å². The van der Waals surface area contributed by atoms with Gasteiger partial charge >= 0.3 is 0 Å². The van der Waals surface area contributed by atoms with Gasteiger partial charge in [-0.2, -0.15) is 0 Å². The zero-order chi connectivity index (χ0) is 28.6. The van der Waals surface area contributed by atoms with Crippen molar-refractivity contribution in [3.8, 4) is 5.75 Å². The second kappa shape index (κ2) is 11.6. The number of aliphatic hydroxyl groups is 1. The molecule has 3 fully saturated rings. The Morgan fingerprint density at radius 1 is 1.20 bits per heavy atom. The average molecular weight is 564 g/mol. The summed E-state index contributed by atoms with van der Waals surface area (Å²) in [4.78, 5) is 43.6. The molecule has 1 saturated carbocycles. The molecule has 2 saturated heterocycles. The van der Waals surface area contributed by atoms with Crippen LogP contribution in [0.2, 0.25) is 0 Å². The molecule has 12 heteroatoms. The number of aliphatic hydroxyl groups excluding tert-OH is 1. The number of halogens is 2. The van der Waals surface area contributed by atoms with Crippen LogP contribution < -0.4 is 21.1 Å². The number of amides is 3. The first-order valence-corrected chi connectivity index (χ1v) is 14.1. The van der Waals surface area contributed by atoms with E-state index in [1.54, 1.807) is 7.05 Å².